The lowest BCUT2D eigenvalue weighted by atomic mass is 9.90. The molecule has 1 N–H and O–H groups in total. The number of likely N-dealkylation sites (tertiary alicyclic amines) is 1. The highest BCUT2D eigenvalue weighted by molar-refractivity contribution is 6.46. The van der Waals surface area contributed by atoms with E-state index < -0.39 is 17.7 Å². The summed E-state index contributed by atoms with van der Waals surface area (Å²) in [4.78, 5) is 28.3. The third-order valence-corrected chi connectivity index (χ3v) is 6.47. The van der Waals surface area contributed by atoms with Crippen molar-refractivity contribution in [3.05, 3.63) is 64.7 Å². The molecule has 168 valence electrons. The number of carbonyl (C=O) groups excluding carboxylic acids is 2. The zero-order valence-electron chi connectivity index (χ0n) is 18.8. The third-order valence-electron chi connectivity index (χ3n) is 6.47. The number of methoxy groups -OCH3 is 2. The number of ketones is 1. The zero-order valence-corrected chi connectivity index (χ0v) is 18.8. The molecule has 6 nitrogen and oxygen atoms in total. The Balaban J connectivity index is 1.92. The number of carbonyl (C=O) groups is 2. The summed E-state index contributed by atoms with van der Waals surface area (Å²) in [5.74, 6) is -0.545. The maximum atomic E-state index is 13.3. The molecule has 1 unspecified atom stereocenters. The Hall–Kier alpha value is -3.28. The minimum atomic E-state index is -0.663. The van der Waals surface area contributed by atoms with E-state index in [0.29, 0.717) is 17.1 Å². The van der Waals surface area contributed by atoms with Gasteiger partial charge in [0.2, 0.25) is 0 Å². The van der Waals surface area contributed by atoms with Gasteiger partial charge in [0.15, 0.2) is 0 Å². The zero-order chi connectivity index (χ0) is 22.8. The summed E-state index contributed by atoms with van der Waals surface area (Å²) in [6, 6.07) is 12.1. The molecule has 1 aliphatic carbocycles. The maximum absolute atomic E-state index is 13.3. The predicted molar refractivity (Wildman–Crippen MR) is 122 cm³/mol. The van der Waals surface area contributed by atoms with Crippen molar-refractivity contribution >= 4 is 17.4 Å². The second-order valence-corrected chi connectivity index (χ2v) is 8.48. The van der Waals surface area contributed by atoms with Crippen LogP contribution in [0.4, 0.5) is 0 Å². The van der Waals surface area contributed by atoms with Gasteiger partial charge < -0.3 is 19.5 Å². The average molecular weight is 436 g/mol. The van der Waals surface area contributed by atoms with Gasteiger partial charge in [-0.25, -0.2) is 0 Å². The van der Waals surface area contributed by atoms with Crippen LogP contribution in [0.3, 0.4) is 0 Å². The molecule has 0 spiro atoms. The number of ether oxygens (including phenoxy) is 2. The number of Topliss-reactive ketones (excluding diaryl/α,β-unsaturated/α-hetero) is 1. The molecule has 1 amide bonds. The van der Waals surface area contributed by atoms with E-state index in [1.54, 1.807) is 23.1 Å². The van der Waals surface area contributed by atoms with Gasteiger partial charge in [0, 0.05) is 6.04 Å². The molecule has 32 heavy (non-hydrogen) atoms. The Morgan fingerprint density at radius 2 is 1.75 bits per heavy atom. The van der Waals surface area contributed by atoms with Crippen molar-refractivity contribution in [2.45, 2.75) is 51.1 Å². The van der Waals surface area contributed by atoms with Gasteiger partial charge in [-0.05, 0) is 43.5 Å². The molecule has 1 heterocycles. The van der Waals surface area contributed by atoms with Crippen LogP contribution in [0.2, 0.25) is 0 Å². The van der Waals surface area contributed by atoms with Crippen molar-refractivity contribution < 1.29 is 24.2 Å². The van der Waals surface area contributed by atoms with Gasteiger partial charge in [0.05, 0.1) is 31.4 Å². The number of aliphatic hydroxyl groups excluding tert-OH is 1. The molecule has 6 heteroatoms. The molecule has 2 aromatic carbocycles. The van der Waals surface area contributed by atoms with Gasteiger partial charge in [-0.3, -0.25) is 9.59 Å². The largest absolute Gasteiger partial charge is 0.507 e. The highest BCUT2D eigenvalue weighted by Crippen LogP contribution is 2.44. The smallest absolute Gasteiger partial charge is 0.295 e. The molecule has 2 fully saturated rings. The van der Waals surface area contributed by atoms with Crippen molar-refractivity contribution in [3.8, 4) is 11.5 Å². The van der Waals surface area contributed by atoms with E-state index in [0.717, 1.165) is 43.2 Å². The monoisotopic (exact) mass is 435 g/mol. The van der Waals surface area contributed by atoms with E-state index in [-0.39, 0.29) is 17.4 Å². The number of benzene rings is 2. The van der Waals surface area contributed by atoms with Crippen LogP contribution in [0.25, 0.3) is 5.76 Å². The summed E-state index contributed by atoms with van der Waals surface area (Å²) in [7, 11) is 3.03. The second-order valence-electron chi connectivity index (χ2n) is 8.48. The summed E-state index contributed by atoms with van der Waals surface area (Å²) in [5.41, 5.74) is 2.26. The number of hydrogen-bond donors (Lipinski definition) is 1. The van der Waals surface area contributed by atoms with Crippen LogP contribution in [-0.4, -0.2) is 42.0 Å². The number of rotatable bonds is 5. The molecule has 1 saturated carbocycles. The molecular formula is C26H29NO5. The fourth-order valence-corrected chi connectivity index (χ4v) is 4.90. The van der Waals surface area contributed by atoms with Crippen LogP contribution in [0.1, 0.15) is 54.8 Å². The highest BCUT2D eigenvalue weighted by atomic mass is 16.5. The van der Waals surface area contributed by atoms with Crippen LogP contribution in [0.15, 0.2) is 48.0 Å². The topological polar surface area (TPSA) is 76.1 Å². The molecular weight excluding hydrogens is 406 g/mol. The van der Waals surface area contributed by atoms with Crippen molar-refractivity contribution in [2.24, 2.45) is 0 Å². The lowest BCUT2D eigenvalue weighted by Gasteiger charge is -2.35. The first-order chi connectivity index (χ1) is 15.5. The molecule has 4 rings (SSSR count). The lowest BCUT2D eigenvalue weighted by molar-refractivity contribution is -0.141. The summed E-state index contributed by atoms with van der Waals surface area (Å²) < 4.78 is 10.7. The number of amides is 1. The number of aliphatic hydroxyl groups is 1. The van der Waals surface area contributed by atoms with E-state index >= 15 is 0 Å². The van der Waals surface area contributed by atoms with Crippen molar-refractivity contribution in [2.75, 3.05) is 14.2 Å². The first-order valence-electron chi connectivity index (χ1n) is 11.0. The normalized spacial score (nSPS) is 21.1. The molecule has 0 bridgehead atoms. The van der Waals surface area contributed by atoms with Crippen LogP contribution in [0, 0.1) is 6.92 Å². The average Bonchev–Trinajstić information content (AvgIpc) is 3.09. The molecule has 0 radical (unpaired) electrons. The molecule has 2 aromatic rings. The minimum absolute atomic E-state index is 0.0248. The van der Waals surface area contributed by atoms with Gasteiger partial charge in [0.1, 0.15) is 17.3 Å². The van der Waals surface area contributed by atoms with Crippen molar-refractivity contribution in [3.63, 3.8) is 0 Å². The van der Waals surface area contributed by atoms with E-state index in [9.17, 15) is 14.7 Å². The van der Waals surface area contributed by atoms with Gasteiger partial charge in [-0.1, -0.05) is 49.1 Å². The molecule has 1 atom stereocenters. The van der Waals surface area contributed by atoms with Gasteiger partial charge in [0.25, 0.3) is 11.7 Å². The highest BCUT2D eigenvalue weighted by Gasteiger charge is 2.49. The van der Waals surface area contributed by atoms with Gasteiger partial charge in [-0.2, -0.15) is 0 Å². The van der Waals surface area contributed by atoms with E-state index in [1.807, 2.05) is 31.2 Å². The fourth-order valence-electron chi connectivity index (χ4n) is 4.90. The predicted octanol–water partition coefficient (Wildman–Crippen LogP) is 4.77. The Labute approximate surface area is 188 Å². The third kappa shape index (κ3) is 3.85. The standard InChI is InChI=1S/C26H29NO5/c1-16-8-7-9-17(14-16)23-22(24(28)20-15-19(31-2)12-13-21(20)32-3)25(29)26(30)27(23)18-10-5-4-6-11-18/h7-9,12-15,18,23,28H,4-6,10-11H2,1-3H3/b24-22+. The second kappa shape index (κ2) is 9.07. The first kappa shape index (κ1) is 21.9. The maximum Gasteiger partial charge on any atom is 0.295 e. The van der Waals surface area contributed by atoms with E-state index in [2.05, 4.69) is 0 Å². The molecule has 2 aliphatic rings. The van der Waals surface area contributed by atoms with E-state index in [1.165, 1.54) is 14.2 Å². The number of hydrogen-bond acceptors (Lipinski definition) is 5. The van der Waals surface area contributed by atoms with Gasteiger partial charge in [-0.15, -0.1) is 0 Å². The first-order valence-corrected chi connectivity index (χ1v) is 11.0. The van der Waals surface area contributed by atoms with Crippen LogP contribution in [0.5, 0.6) is 11.5 Å². The van der Waals surface area contributed by atoms with Gasteiger partial charge >= 0.3 is 0 Å². The van der Waals surface area contributed by atoms with Crippen LogP contribution < -0.4 is 9.47 Å². The number of aryl methyl sites for hydroxylation is 1. The summed E-state index contributed by atoms with van der Waals surface area (Å²) in [6.07, 6.45) is 4.90. The Kier molecular flexibility index (Phi) is 6.21. The molecule has 1 saturated heterocycles. The lowest BCUT2D eigenvalue weighted by Crippen LogP contribution is -2.40. The summed E-state index contributed by atoms with van der Waals surface area (Å²) >= 11 is 0. The quantitative estimate of drug-likeness (QED) is 0.416. The Bertz CT molecular complexity index is 1070. The Morgan fingerprint density at radius 3 is 2.41 bits per heavy atom. The molecule has 0 aromatic heterocycles. The van der Waals surface area contributed by atoms with Crippen LogP contribution >= 0.6 is 0 Å². The summed E-state index contributed by atoms with van der Waals surface area (Å²) in [5, 5.41) is 11.4. The minimum Gasteiger partial charge on any atom is -0.507 e. The SMILES string of the molecule is COc1ccc(OC)c(/C(O)=C2\C(=O)C(=O)N(C3CCCCC3)C2c2cccc(C)c2)c1. The summed E-state index contributed by atoms with van der Waals surface area (Å²) in [6.45, 7) is 1.97. The van der Waals surface area contributed by atoms with E-state index in [4.69, 9.17) is 9.47 Å². The number of nitrogens with zero attached hydrogens (tertiary/aromatic N) is 1. The van der Waals surface area contributed by atoms with Crippen LogP contribution in [-0.2, 0) is 9.59 Å². The van der Waals surface area contributed by atoms with Crippen molar-refractivity contribution in [1.29, 1.82) is 0 Å². The van der Waals surface area contributed by atoms with Crippen molar-refractivity contribution in [1.82, 2.24) is 4.90 Å². The Morgan fingerprint density at radius 1 is 1.00 bits per heavy atom. The molecule has 1 aliphatic heterocycles. The fraction of sp³-hybridized carbons (Fsp3) is 0.385.